The Morgan fingerprint density at radius 3 is 2.43 bits per heavy atom. The van der Waals surface area contributed by atoms with Crippen LogP contribution in [0.5, 0.6) is 11.5 Å². The van der Waals surface area contributed by atoms with Crippen LogP contribution in [-0.2, 0) is 4.79 Å². The van der Waals surface area contributed by atoms with Gasteiger partial charge in [-0.2, -0.15) is 0 Å². The Balaban J connectivity index is 1.21. The quantitative estimate of drug-likeness (QED) is 0.652. The van der Waals surface area contributed by atoms with Gasteiger partial charge in [0.1, 0.15) is 23.4 Å². The number of piperidine rings is 1. The van der Waals surface area contributed by atoms with Gasteiger partial charge in [-0.3, -0.25) is 9.59 Å². The lowest BCUT2D eigenvalue weighted by atomic mass is 9.99. The number of hydrogen-bond donors (Lipinski definition) is 1. The van der Waals surface area contributed by atoms with Gasteiger partial charge in [-0.1, -0.05) is 11.6 Å². The topological polar surface area (TPSA) is 79.3 Å². The highest BCUT2D eigenvalue weighted by Gasteiger charge is 2.44. The van der Waals surface area contributed by atoms with E-state index in [1.165, 1.54) is 18.2 Å². The van der Waals surface area contributed by atoms with Gasteiger partial charge in [0.05, 0.1) is 11.7 Å². The predicted molar refractivity (Wildman–Crippen MR) is 127 cm³/mol. The van der Waals surface area contributed by atoms with E-state index in [2.05, 4.69) is 0 Å². The molecule has 2 aromatic carbocycles. The van der Waals surface area contributed by atoms with E-state index in [4.69, 9.17) is 21.1 Å². The number of aliphatic hydroxyl groups excluding tert-OH is 1. The molecule has 186 valence electrons. The van der Waals surface area contributed by atoms with Gasteiger partial charge in [-0.25, -0.2) is 4.39 Å². The number of β-amino-alcohol motifs (C(OH)–C–C–N with tert-alkyl or cyclic N) is 1. The fraction of sp³-hybridized carbons (Fsp3) is 0.462. The lowest BCUT2D eigenvalue weighted by Crippen LogP contribution is -2.50. The Morgan fingerprint density at radius 2 is 1.77 bits per heavy atom. The largest absolute Gasteiger partial charge is 0.490 e. The smallest absolute Gasteiger partial charge is 0.261 e. The molecule has 7 nitrogen and oxygen atoms in total. The summed E-state index contributed by atoms with van der Waals surface area (Å²) in [6.07, 6.45) is 3.20. The average molecular weight is 503 g/mol. The van der Waals surface area contributed by atoms with E-state index in [1.54, 1.807) is 29.2 Å². The summed E-state index contributed by atoms with van der Waals surface area (Å²) in [6.45, 7) is 0.548. The van der Waals surface area contributed by atoms with Gasteiger partial charge in [0.2, 0.25) is 0 Å². The van der Waals surface area contributed by atoms with Crippen LogP contribution in [0, 0.1) is 5.82 Å². The molecule has 9 heteroatoms. The number of nitrogens with zero attached hydrogens (tertiary/aromatic N) is 2. The fourth-order valence-electron chi connectivity index (χ4n) is 5.44. The molecule has 3 aliphatic rings. The molecule has 0 aromatic heterocycles. The first-order chi connectivity index (χ1) is 16.9. The standard InChI is InChI=1S/C26H28ClFN2O5/c27-16-1-8-24(23(11-16)26(33)29-10-9-20(31)14-29)34-15-25(32)30-18-4-5-19(30)13-22(12-18)35-21-6-2-17(28)3-7-21/h1-3,6-8,11,18-20,22,31H,4-5,9-10,12-15H2/t18-,19+,20-,22?/m0/s1. The Bertz CT molecular complexity index is 1080. The van der Waals surface area contributed by atoms with Crippen molar-refractivity contribution in [2.75, 3.05) is 19.7 Å². The van der Waals surface area contributed by atoms with Crippen LogP contribution < -0.4 is 9.47 Å². The number of rotatable bonds is 6. The summed E-state index contributed by atoms with van der Waals surface area (Å²) < 4.78 is 25.1. The van der Waals surface area contributed by atoms with Crippen LogP contribution in [0.2, 0.25) is 5.02 Å². The molecule has 0 radical (unpaired) electrons. The minimum atomic E-state index is -0.533. The van der Waals surface area contributed by atoms with E-state index in [9.17, 15) is 19.1 Å². The van der Waals surface area contributed by atoms with Crippen molar-refractivity contribution in [2.24, 2.45) is 0 Å². The zero-order chi connectivity index (χ0) is 24.5. The normalized spacial score (nSPS) is 25.6. The highest BCUT2D eigenvalue weighted by Crippen LogP contribution is 2.37. The molecule has 3 heterocycles. The molecule has 1 N–H and O–H groups in total. The Morgan fingerprint density at radius 1 is 1.06 bits per heavy atom. The third-order valence-electron chi connectivity index (χ3n) is 7.07. The van der Waals surface area contributed by atoms with Crippen molar-refractivity contribution in [3.8, 4) is 11.5 Å². The molecule has 4 atom stereocenters. The first-order valence-corrected chi connectivity index (χ1v) is 12.4. The zero-order valence-corrected chi connectivity index (χ0v) is 20.0. The number of hydrogen-bond acceptors (Lipinski definition) is 5. The van der Waals surface area contributed by atoms with Crippen molar-refractivity contribution >= 4 is 23.4 Å². The summed E-state index contributed by atoms with van der Waals surface area (Å²) >= 11 is 6.13. The van der Waals surface area contributed by atoms with Gasteiger partial charge in [0.25, 0.3) is 11.8 Å². The maximum atomic E-state index is 13.2. The second kappa shape index (κ2) is 10.0. The molecular formula is C26H28ClFN2O5. The second-order valence-corrected chi connectivity index (χ2v) is 9.91. The predicted octanol–water partition coefficient (Wildman–Crippen LogP) is 3.67. The first kappa shape index (κ1) is 23.9. The van der Waals surface area contributed by atoms with E-state index in [0.29, 0.717) is 42.3 Å². The third kappa shape index (κ3) is 5.23. The SMILES string of the molecule is O=C(c1cc(Cl)ccc1OCC(=O)N1[C@@H]2CC[C@H]1CC(Oc1ccc(F)cc1)C2)N1CC[C@H](O)C1. The van der Waals surface area contributed by atoms with Gasteiger partial charge in [0.15, 0.2) is 6.61 Å². The number of halogens is 2. The van der Waals surface area contributed by atoms with Crippen molar-refractivity contribution in [1.82, 2.24) is 9.80 Å². The molecule has 0 spiro atoms. The van der Waals surface area contributed by atoms with Crippen molar-refractivity contribution in [3.63, 3.8) is 0 Å². The van der Waals surface area contributed by atoms with Gasteiger partial charge in [0, 0.05) is 43.0 Å². The van der Waals surface area contributed by atoms with Crippen LogP contribution in [-0.4, -0.2) is 70.7 Å². The lowest BCUT2D eigenvalue weighted by Gasteiger charge is -2.38. The van der Waals surface area contributed by atoms with E-state index >= 15 is 0 Å². The molecular weight excluding hydrogens is 475 g/mol. The first-order valence-electron chi connectivity index (χ1n) is 12.0. The lowest BCUT2D eigenvalue weighted by molar-refractivity contribution is -0.139. The maximum absolute atomic E-state index is 13.2. The molecule has 2 aromatic rings. The monoisotopic (exact) mass is 502 g/mol. The van der Waals surface area contributed by atoms with E-state index in [1.807, 2.05) is 4.90 Å². The summed E-state index contributed by atoms with van der Waals surface area (Å²) in [5.41, 5.74) is 0.286. The van der Waals surface area contributed by atoms with Crippen molar-refractivity contribution < 1.29 is 28.6 Å². The molecule has 3 fully saturated rings. The summed E-state index contributed by atoms with van der Waals surface area (Å²) in [5, 5.41) is 10.2. The van der Waals surface area contributed by atoms with Gasteiger partial charge in [-0.05, 0) is 61.7 Å². The number of ether oxygens (including phenoxy) is 2. The molecule has 2 amide bonds. The van der Waals surface area contributed by atoms with Crippen LogP contribution in [0.25, 0.3) is 0 Å². The highest BCUT2D eigenvalue weighted by atomic mass is 35.5. The highest BCUT2D eigenvalue weighted by molar-refractivity contribution is 6.31. The number of benzene rings is 2. The number of carbonyl (C=O) groups excluding carboxylic acids is 2. The number of likely N-dealkylation sites (tertiary alicyclic amines) is 1. The molecule has 1 unspecified atom stereocenters. The average Bonchev–Trinajstić information content (AvgIpc) is 3.39. The Labute approximate surface area is 208 Å². The minimum absolute atomic E-state index is 0.0285. The zero-order valence-electron chi connectivity index (χ0n) is 19.2. The van der Waals surface area contributed by atoms with Gasteiger partial charge >= 0.3 is 0 Å². The summed E-state index contributed by atoms with van der Waals surface area (Å²) in [7, 11) is 0. The van der Waals surface area contributed by atoms with Crippen LogP contribution in [0.4, 0.5) is 4.39 Å². The summed E-state index contributed by atoms with van der Waals surface area (Å²) in [4.78, 5) is 29.6. The molecule has 3 aliphatic heterocycles. The molecule has 0 aliphatic carbocycles. The van der Waals surface area contributed by atoms with Crippen LogP contribution in [0.15, 0.2) is 42.5 Å². The van der Waals surface area contributed by atoms with Crippen LogP contribution in [0.3, 0.4) is 0 Å². The van der Waals surface area contributed by atoms with Gasteiger partial charge in [-0.15, -0.1) is 0 Å². The molecule has 3 saturated heterocycles. The number of fused-ring (bicyclic) bond motifs is 2. The van der Waals surface area contributed by atoms with Crippen LogP contribution >= 0.6 is 11.6 Å². The van der Waals surface area contributed by atoms with E-state index < -0.39 is 6.10 Å². The third-order valence-corrected chi connectivity index (χ3v) is 7.30. The maximum Gasteiger partial charge on any atom is 0.261 e. The summed E-state index contributed by atoms with van der Waals surface area (Å²) in [6, 6.07) is 10.9. The van der Waals surface area contributed by atoms with E-state index in [-0.39, 0.29) is 54.5 Å². The molecule has 2 bridgehead atoms. The van der Waals surface area contributed by atoms with Crippen molar-refractivity contribution in [2.45, 2.75) is 56.4 Å². The number of carbonyl (C=O) groups is 2. The molecule has 5 rings (SSSR count). The Kier molecular flexibility index (Phi) is 6.84. The summed E-state index contributed by atoms with van der Waals surface area (Å²) in [5.74, 6) is 0.231. The molecule has 35 heavy (non-hydrogen) atoms. The van der Waals surface area contributed by atoms with Crippen molar-refractivity contribution in [1.29, 1.82) is 0 Å². The molecule has 0 saturated carbocycles. The minimum Gasteiger partial charge on any atom is -0.490 e. The second-order valence-electron chi connectivity index (χ2n) is 9.47. The number of amides is 2. The van der Waals surface area contributed by atoms with Gasteiger partial charge < -0.3 is 24.4 Å². The Hall–Kier alpha value is -2.84. The van der Waals surface area contributed by atoms with Crippen molar-refractivity contribution in [3.05, 3.63) is 58.9 Å². The number of aliphatic hydroxyl groups is 1. The van der Waals surface area contributed by atoms with Crippen LogP contribution in [0.1, 0.15) is 42.5 Å². The van der Waals surface area contributed by atoms with E-state index in [0.717, 1.165) is 12.8 Å². The fourth-order valence-corrected chi connectivity index (χ4v) is 5.61.